The van der Waals surface area contributed by atoms with Gasteiger partial charge in [0.05, 0.1) is 18.2 Å². The summed E-state index contributed by atoms with van der Waals surface area (Å²) < 4.78 is 7.15. The summed E-state index contributed by atoms with van der Waals surface area (Å²) in [5.74, 6) is 7.22. The van der Waals surface area contributed by atoms with Crippen molar-refractivity contribution < 1.29 is 9.53 Å². The predicted octanol–water partition coefficient (Wildman–Crippen LogP) is 5.62. The fourth-order valence-corrected chi connectivity index (χ4v) is 5.58. The number of nitrogens with two attached hydrogens (primary N) is 2. The fraction of sp³-hybridized carbons (Fsp3) is 0.514. The van der Waals surface area contributed by atoms with Crippen LogP contribution in [-0.4, -0.2) is 87.2 Å². The number of hydrazone groups is 1. The van der Waals surface area contributed by atoms with E-state index in [1.807, 2.05) is 59.1 Å². The summed E-state index contributed by atoms with van der Waals surface area (Å²) in [7, 11) is 1.70. The second-order valence-corrected chi connectivity index (χ2v) is 12.6. The molecule has 48 heavy (non-hydrogen) atoms. The molecule has 12 nitrogen and oxygen atoms in total. The topological polar surface area (TPSA) is 144 Å². The van der Waals surface area contributed by atoms with Crippen molar-refractivity contribution in [2.75, 3.05) is 44.7 Å². The van der Waals surface area contributed by atoms with Gasteiger partial charge in [0.15, 0.2) is 11.6 Å². The van der Waals surface area contributed by atoms with Crippen LogP contribution in [0.4, 0.5) is 5.69 Å². The maximum Gasteiger partial charge on any atom is 0.237 e. The molecule has 0 atom stereocenters. The van der Waals surface area contributed by atoms with Crippen LogP contribution in [0, 0.1) is 0 Å². The van der Waals surface area contributed by atoms with E-state index in [9.17, 15) is 4.79 Å². The van der Waals surface area contributed by atoms with Gasteiger partial charge >= 0.3 is 0 Å². The van der Waals surface area contributed by atoms with E-state index in [4.69, 9.17) is 16.3 Å². The molecule has 0 spiro atoms. The third kappa shape index (κ3) is 11.8. The van der Waals surface area contributed by atoms with Gasteiger partial charge in [0.25, 0.3) is 0 Å². The van der Waals surface area contributed by atoms with Crippen LogP contribution in [0.15, 0.2) is 53.1 Å². The van der Waals surface area contributed by atoms with E-state index < -0.39 is 0 Å². The Balaban J connectivity index is 0.000000317. The summed E-state index contributed by atoms with van der Waals surface area (Å²) >= 11 is 1.54. The minimum absolute atomic E-state index is 0.0584. The number of thiazole rings is 1. The number of benzene rings is 1. The lowest BCUT2D eigenvalue weighted by atomic mass is 10.1. The lowest BCUT2D eigenvalue weighted by Crippen LogP contribution is -2.46. The van der Waals surface area contributed by atoms with Crippen LogP contribution in [0.2, 0.25) is 0 Å². The minimum atomic E-state index is -0.0974. The molecule has 4 rings (SSSR count). The fourth-order valence-electron chi connectivity index (χ4n) is 4.97. The number of carbonyl (C=O) groups excluding carboxylic acids is 1. The second kappa shape index (κ2) is 20.2. The summed E-state index contributed by atoms with van der Waals surface area (Å²) in [4.78, 5) is 27.1. The first-order valence-electron chi connectivity index (χ1n) is 16.7. The molecule has 1 amide bonds. The van der Waals surface area contributed by atoms with Crippen molar-refractivity contribution in [2.24, 2.45) is 16.7 Å². The largest absolute Gasteiger partial charge is 0.474 e. The van der Waals surface area contributed by atoms with Gasteiger partial charge in [-0.3, -0.25) is 9.69 Å². The second-order valence-electron chi connectivity index (χ2n) is 11.6. The molecule has 1 fully saturated rings. The summed E-state index contributed by atoms with van der Waals surface area (Å²) in [6.07, 6.45) is 4.86. The van der Waals surface area contributed by atoms with E-state index in [2.05, 4.69) is 55.6 Å². The summed E-state index contributed by atoms with van der Waals surface area (Å²) in [5.41, 5.74) is 9.59. The van der Waals surface area contributed by atoms with Crippen LogP contribution in [-0.2, 0) is 16.0 Å². The number of hydrogen-bond donors (Lipinski definition) is 2. The van der Waals surface area contributed by atoms with E-state index in [-0.39, 0.29) is 17.8 Å². The molecule has 1 aromatic carbocycles. The average molecular weight is 681 g/mol. The number of unbranched alkanes of at least 4 members (excludes halogenated alkanes) is 1. The maximum absolute atomic E-state index is 11.8. The minimum Gasteiger partial charge on any atom is -0.474 e. The van der Waals surface area contributed by atoms with E-state index in [1.54, 1.807) is 13.2 Å². The number of anilines is 1. The van der Waals surface area contributed by atoms with Crippen molar-refractivity contribution in [3.63, 3.8) is 0 Å². The smallest absolute Gasteiger partial charge is 0.237 e. The van der Waals surface area contributed by atoms with Gasteiger partial charge in [-0.15, -0.1) is 21.5 Å². The van der Waals surface area contributed by atoms with Gasteiger partial charge in [-0.2, -0.15) is 4.68 Å². The monoisotopic (exact) mass is 680 g/mol. The number of rotatable bonds is 11. The predicted molar refractivity (Wildman–Crippen MR) is 199 cm³/mol. The highest BCUT2D eigenvalue weighted by atomic mass is 32.1. The van der Waals surface area contributed by atoms with E-state index >= 15 is 0 Å². The molecule has 13 heteroatoms. The van der Waals surface area contributed by atoms with Crippen LogP contribution in [0.5, 0.6) is 0 Å². The zero-order chi connectivity index (χ0) is 35.8. The van der Waals surface area contributed by atoms with Crippen molar-refractivity contribution in [1.29, 1.82) is 0 Å². The molecule has 3 aromatic rings. The number of nitrogens with zero attached hydrogens (tertiary/aromatic N) is 8. The molecular weight excluding hydrogens is 625 g/mol. The molecule has 3 heterocycles. The van der Waals surface area contributed by atoms with Crippen LogP contribution in [0.1, 0.15) is 90.5 Å². The molecule has 1 aliphatic rings. The maximum atomic E-state index is 11.8. The molecule has 2 aromatic heterocycles. The number of ether oxygens (including phenoxy) is 1. The molecule has 264 valence electrons. The average Bonchev–Trinajstić information content (AvgIpc) is 3.74. The standard InChI is InChI=1S/C18H30N4O.C15H20N6OS.C2H6/c1-4-5-9-21-10-12-22(13-11-21)17-8-6-7-16(14-17)18(20-19)23-15(2)3;1-9(2)14(20(5)11(4)22)15-18-12(19-21(15)10(3)16)8-13-17-6-7-23-13;1-2/h6-8,14-15H,4-5,9-13,19H2,1-3H3;6-7H,3,8,16H2,1-2,4-5H3;1-2H3/b20-18-;;. The van der Waals surface area contributed by atoms with E-state index in [0.717, 1.165) is 42.3 Å². The highest BCUT2D eigenvalue weighted by Gasteiger charge is 2.22. The first-order valence-corrected chi connectivity index (χ1v) is 17.6. The Bertz CT molecular complexity index is 1480. The van der Waals surface area contributed by atoms with Gasteiger partial charge in [0.1, 0.15) is 10.8 Å². The Morgan fingerprint density at radius 1 is 1.17 bits per heavy atom. The molecular formula is C35H56N10O2S. The lowest BCUT2D eigenvalue weighted by Gasteiger charge is -2.36. The van der Waals surface area contributed by atoms with Crippen LogP contribution < -0.4 is 16.5 Å². The molecule has 4 N–H and O–H groups in total. The van der Waals surface area contributed by atoms with Crippen LogP contribution in [0.25, 0.3) is 11.5 Å². The third-order valence-electron chi connectivity index (χ3n) is 7.33. The number of aromatic nitrogens is 4. The zero-order valence-electron chi connectivity index (χ0n) is 30.4. The van der Waals surface area contributed by atoms with E-state index in [0.29, 0.717) is 29.7 Å². The quantitative estimate of drug-likeness (QED) is 0.114. The van der Waals surface area contributed by atoms with Gasteiger partial charge in [-0.05, 0) is 64.4 Å². The lowest BCUT2D eigenvalue weighted by molar-refractivity contribution is -0.124. The van der Waals surface area contributed by atoms with Crippen molar-refractivity contribution in [3.8, 4) is 0 Å². The molecule has 0 unspecified atom stereocenters. The van der Waals surface area contributed by atoms with Crippen molar-refractivity contribution in [3.05, 3.63) is 70.2 Å². The highest BCUT2D eigenvalue weighted by Crippen LogP contribution is 2.23. The van der Waals surface area contributed by atoms with Crippen molar-refractivity contribution in [1.82, 2.24) is 29.5 Å². The molecule has 0 aliphatic carbocycles. The summed E-state index contributed by atoms with van der Waals surface area (Å²) in [6.45, 7) is 24.9. The summed E-state index contributed by atoms with van der Waals surface area (Å²) in [6, 6.07) is 8.31. The molecule has 1 aliphatic heterocycles. The Morgan fingerprint density at radius 2 is 1.85 bits per heavy atom. The normalized spacial score (nSPS) is 13.2. The SMILES string of the molecule is C=C(N)n1nc(Cc2nccs2)nc1C(=C(C)C)N(C)C(C)=O.CC.CCCCN1CCN(c2cccc(/C(=N/N)OC(C)C)c2)CC1. The van der Waals surface area contributed by atoms with E-state index in [1.165, 1.54) is 52.9 Å². The number of hydrogen-bond acceptors (Lipinski definition) is 11. The summed E-state index contributed by atoms with van der Waals surface area (Å²) in [5, 5.41) is 11.0. The highest BCUT2D eigenvalue weighted by molar-refractivity contribution is 7.09. The van der Waals surface area contributed by atoms with Gasteiger partial charge < -0.3 is 26.1 Å². The molecule has 1 saturated heterocycles. The molecule has 0 saturated carbocycles. The van der Waals surface area contributed by atoms with Crippen LogP contribution in [0.3, 0.4) is 0 Å². The Morgan fingerprint density at radius 3 is 2.38 bits per heavy atom. The molecule has 0 bridgehead atoms. The number of amides is 1. The zero-order valence-corrected chi connectivity index (χ0v) is 31.2. The Labute approximate surface area is 291 Å². The van der Waals surface area contributed by atoms with Gasteiger partial charge in [0.2, 0.25) is 11.8 Å². The van der Waals surface area contributed by atoms with Gasteiger partial charge in [-0.1, -0.05) is 39.8 Å². The van der Waals surface area contributed by atoms with Crippen LogP contribution >= 0.6 is 11.3 Å². The third-order valence-corrected chi connectivity index (χ3v) is 8.11. The van der Waals surface area contributed by atoms with Gasteiger partial charge in [0, 0.05) is 63.0 Å². The molecule has 0 radical (unpaired) electrons. The number of carbonyl (C=O) groups is 1. The van der Waals surface area contributed by atoms with Gasteiger partial charge in [-0.25, -0.2) is 9.97 Å². The first-order chi connectivity index (χ1) is 22.9. The number of piperazine rings is 1. The Hall–Kier alpha value is -4.23. The first kappa shape index (κ1) is 39.9. The van der Waals surface area contributed by atoms with Crippen molar-refractivity contribution in [2.45, 2.75) is 80.8 Å². The van der Waals surface area contributed by atoms with Crippen molar-refractivity contribution >= 4 is 40.3 Å². The Kier molecular flexibility index (Phi) is 16.8. The number of allylic oxidation sites excluding steroid dienone is 1.